The van der Waals surface area contributed by atoms with Crippen LogP contribution in [0.2, 0.25) is 0 Å². The van der Waals surface area contributed by atoms with Crippen molar-refractivity contribution >= 4 is 16.0 Å². The van der Waals surface area contributed by atoms with E-state index in [1.807, 2.05) is 0 Å². The van der Waals surface area contributed by atoms with Crippen molar-refractivity contribution in [3.63, 3.8) is 0 Å². The van der Waals surface area contributed by atoms with E-state index in [-0.39, 0.29) is 18.9 Å². The summed E-state index contributed by atoms with van der Waals surface area (Å²) in [4.78, 5) is 10.8. The summed E-state index contributed by atoms with van der Waals surface area (Å²) >= 11 is 0. The maximum Gasteiger partial charge on any atom is 0.310 e. The van der Waals surface area contributed by atoms with Crippen molar-refractivity contribution in [3.8, 4) is 0 Å². The molecule has 1 aliphatic carbocycles. The zero-order valence-electron chi connectivity index (χ0n) is 9.23. The highest BCUT2D eigenvalue weighted by molar-refractivity contribution is 7.89. The van der Waals surface area contributed by atoms with Gasteiger partial charge in [-0.2, -0.15) is 0 Å². The molecule has 0 spiro atoms. The molecule has 0 radical (unpaired) electrons. The molecule has 6 nitrogen and oxygen atoms in total. The third kappa shape index (κ3) is 3.73. The molecule has 0 aromatic rings. The van der Waals surface area contributed by atoms with Gasteiger partial charge < -0.3 is 9.84 Å². The van der Waals surface area contributed by atoms with E-state index in [4.69, 9.17) is 9.84 Å². The number of carbonyl (C=O) groups is 1. The monoisotopic (exact) mass is 251 g/mol. The minimum Gasteiger partial charge on any atom is -0.481 e. The Morgan fingerprint density at radius 3 is 2.56 bits per heavy atom. The molecule has 1 fully saturated rings. The van der Waals surface area contributed by atoms with Crippen molar-refractivity contribution in [1.82, 2.24) is 4.72 Å². The average Bonchev–Trinajstić information content (AvgIpc) is 2.96. The van der Waals surface area contributed by atoms with Crippen LogP contribution in [0.4, 0.5) is 0 Å². The molecule has 0 aromatic heterocycles. The Morgan fingerprint density at radius 1 is 1.50 bits per heavy atom. The molecule has 0 atom stereocenters. The number of ether oxygens (including phenoxy) is 1. The highest BCUT2D eigenvalue weighted by Crippen LogP contribution is 2.45. The van der Waals surface area contributed by atoms with E-state index < -0.39 is 21.4 Å². The summed E-state index contributed by atoms with van der Waals surface area (Å²) in [5.41, 5.74) is -0.862. The van der Waals surface area contributed by atoms with Crippen molar-refractivity contribution in [2.45, 2.75) is 19.8 Å². The molecular weight excluding hydrogens is 234 g/mol. The number of nitrogens with one attached hydrogen (secondary N) is 1. The van der Waals surface area contributed by atoms with Gasteiger partial charge in [0.05, 0.1) is 17.8 Å². The lowest BCUT2D eigenvalue weighted by molar-refractivity contribution is -0.143. The van der Waals surface area contributed by atoms with Crippen LogP contribution < -0.4 is 4.72 Å². The molecule has 1 rings (SSSR count). The van der Waals surface area contributed by atoms with Gasteiger partial charge in [-0.15, -0.1) is 0 Å². The van der Waals surface area contributed by atoms with Gasteiger partial charge in [-0.3, -0.25) is 4.79 Å². The summed E-state index contributed by atoms with van der Waals surface area (Å²) in [6.45, 7) is 2.36. The first-order chi connectivity index (χ1) is 7.42. The maximum atomic E-state index is 11.4. The Kier molecular flexibility index (Phi) is 4.28. The fourth-order valence-electron chi connectivity index (χ4n) is 1.25. The van der Waals surface area contributed by atoms with Gasteiger partial charge >= 0.3 is 5.97 Å². The number of sulfonamides is 1. The molecule has 0 aliphatic heterocycles. The Bertz CT molecular complexity index is 347. The fraction of sp³-hybridized carbons (Fsp3) is 0.889. The van der Waals surface area contributed by atoms with Gasteiger partial charge in [0.25, 0.3) is 0 Å². The number of aliphatic carboxylic acids is 1. The van der Waals surface area contributed by atoms with Gasteiger partial charge in [0.15, 0.2) is 0 Å². The minimum absolute atomic E-state index is 0.0171. The predicted molar refractivity (Wildman–Crippen MR) is 57.6 cm³/mol. The third-order valence-electron chi connectivity index (χ3n) is 2.64. The molecule has 2 N–H and O–H groups in total. The first-order valence-corrected chi connectivity index (χ1v) is 6.85. The Hall–Kier alpha value is -0.660. The lowest BCUT2D eigenvalue weighted by Crippen LogP contribution is -2.36. The number of hydrogen-bond donors (Lipinski definition) is 2. The third-order valence-corrected chi connectivity index (χ3v) is 3.93. The Morgan fingerprint density at radius 2 is 2.12 bits per heavy atom. The highest BCUT2D eigenvalue weighted by Gasteiger charge is 2.50. The number of carboxylic acids is 1. The zero-order valence-corrected chi connectivity index (χ0v) is 10.0. The van der Waals surface area contributed by atoms with E-state index in [1.54, 1.807) is 6.92 Å². The predicted octanol–water partition coefficient (Wildman–Crippen LogP) is -0.193. The van der Waals surface area contributed by atoms with Crippen LogP contribution in [0.1, 0.15) is 19.8 Å². The average molecular weight is 251 g/mol. The molecule has 0 saturated heterocycles. The van der Waals surface area contributed by atoms with Gasteiger partial charge in [-0.05, 0) is 19.8 Å². The first-order valence-electron chi connectivity index (χ1n) is 5.20. The van der Waals surface area contributed by atoms with Crippen LogP contribution in [-0.2, 0) is 19.6 Å². The van der Waals surface area contributed by atoms with Crippen molar-refractivity contribution in [1.29, 1.82) is 0 Å². The normalized spacial score (nSPS) is 18.3. The second-order valence-corrected chi connectivity index (χ2v) is 5.85. The minimum atomic E-state index is -3.42. The van der Waals surface area contributed by atoms with E-state index >= 15 is 0 Å². The largest absolute Gasteiger partial charge is 0.481 e. The lowest BCUT2D eigenvalue weighted by Gasteiger charge is -2.11. The standard InChI is InChI=1S/C9H17NO5S/c1-2-15-5-6-16(13,14)10-7-9(3-4-9)8(11)12/h10H,2-7H2,1H3,(H,11,12). The molecule has 1 aliphatic rings. The number of rotatable bonds is 8. The smallest absolute Gasteiger partial charge is 0.310 e. The zero-order chi connectivity index (χ0) is 12.2. The fourth-order valence-corrected chi connectivity index (χ4v) is 2.23. The molecule has 1 saturated carbocycles. The van der Waals surface area contributed by atoms with Gasteiger partial charge in [0.2, 0.25) is 10.0 Å². The van der Waals surface area contributed by atoms with Crippen molar-refractivity contribution in [2.24, 2.45) is 5.41 Å². The topological polar surface area (TPSA) is 92.7 Å². The van der Waals surface area contributed by atoms with Crippen molar-refractivity contribution in [3.05, 3.63) is 0 Å². The number of carboxylic acid groups (broad SMARTS) is 1. The van der Waals surface area contributed by atoms with Crippen LogP contribution in [0.15, 0.2) is 0 Å². The van der Waals surface area contributed by atoms with Gasteiger partial charge in [0.1, 0.15) is 0 Å². The molecule has 0 heterocycles. The molecule has 0 bridgehead atoms. The second kappa shape index (κ2) is 5.11. The molecule has 94 valence electrons. The Labute approximate surface area is 95.0 Å². The maximum absolute atomic E-state index is 11.4. The van der Waals surface area contributed by atoms with Crippen LogP contribution in [0.5, 0.6) is 0 Å². The van der Waals surface area contributed by atoms with E-state index in [1.165, 1.54) is 0 Å². The lowest BCUT2D eigenvalue weighted by atomic mass is 10.1. The molecular formula is C9H17NO5S. The van der Waals surface area contributed by atoms with Crippen LogP contribution in [0, 0.1) is 5.41 Å². The van der Waals surface area contributed by atoms with Crippen LogP contribution in [0.3, 0.4) is 0 Å². The molecule has 0 aromatic carbocycles. The summed E-state index contributed by atoms with van der Waals surface area (Å²) in [6.07, 6.45) is 1.08. The molecule has 7 heteroatoms. The summed E-state index contributed by atoms with van der Waals surface area (Å²) in [7, 11) is -3.42. The summed E-state index contributed by atoms with van der Waals surface area (Å²) in [5.74, 6) is -1.06. The second-order valence-electron chi connectivity index (χ2n) is 3.92. The SMILES string of the molecule is CCOCCS(=O)(=O)NCC1(C(=O)O)CC1. The molecule has 0 unspecified atom stereocenters. The quantitative estimate of drug-likeness (QED) is 0.583. The van der Waals surface area contributed by atoms with Gasteiger partial charge in [-0.25, -0.2) is 13.1 Å². The van der Waals surface area contributed by atoms with Crippen LogP contribution in [-0.4, -0.2) is 45.0 Å². The highest BCUT2D eigenvalue weighted by atomic mass is 32.2. The summed E-state index contributed by atoms with van der Waals surface area (Å²) in [5, 5.41) is 8.86. The number of hydrogen-bond acceptors (Lipinski definition) is 4. The van der Waals surface area contributed by atoms with Crippen molar-refractivity contribution in [2.75, 3.05) is 25.5 Å². The van der Waals surface area contributed by atoms with Crippen LogP contribution in [0.25, 0.3) is 0 Å². The van der Waals surface area contributed by atoms with Crippen molar-refractivity contribution < 1.29 is 23.1 Å². The van der Waals surface area contributed by atoms with E-state index in [0.717, 1.165) is 0 Å². The van der Waals surface area contributed by atoms with E-state index in [2.05, 4.69) is 4.72 Å². The van der Waals surface area contributed by atoms with Gasteiger partial charge in [0, 0.05) is 13.2 Å². The summed E-state index contributed by atoms with van der Waals surface area (Å²) < 4.78 is 30.1. The Balaban J connectivity index is 2.34. The van der Waals surface area contributed by atoms with E-state index in [9.17, 15) is 13.2 Å². The first kappa shape index (κ1) is 13.4. The van der Waals surface area contributed by atoms with Crippen LogP contribution >= 0.6 is 0 Å². The molecule has 0 amide bonds. The summed E-state index contributed by atoms with van der Waals surface area (Å²) in [6, 6.07) is 0. The van der Waals surface area contributed by atoms with E-state index in [0.29, 0.717) is 19.4 Å². The van der Waals surface area contributed by atoms with Gasteiger partial charge in [-0.1, -0.05) is 0 Å². The molecule has 16 heavy (non-hydrogen) atoms.